The van der Waals surface area contributed by atoms with Crippen LogP contribution in [0.1, 0.15) is 31.2 Å². The molecule has 0 radical (unpaired) electrons. The number of non-ortho nitro benzene ring substituents is 1. The Bertz CT molecular complexity index is 1420. The number of ether oxygens (including phenoxy) is 1. The number of fused-ring (bicyclic) bond motifs is 1. The fourth-order valence-corrected chi connectivity index (χ4v) is 5.99. The third kappa shape index (κ3) is 4.94. The maximum atomic E-state index is 12.8. The zero-order valence-electron chi connectivity index (χ0n) is 19.4. The van der Waals surface area contributed by atoms with Crippen LogP contribution in [-0.4, -0.2) is 53.4 Å². The number of pyridine rings is 1. The number of benzene rings is 1. The van der Waals surface area contributed by atoms with Crippen LogP contribution < -0.4 is 10.0 Å². The van der Waals surface area contributed by atoms with Crippen LogP contribution in [-0.2, 0) is 25.0 Å². The summed E-state index contributed by atoms with van der Waals surface area (Å²) in [5.74, 6) is -0.775. The molecule has 2 N–H and O–H groups in total. The van der Waals surface area contributed by atoms with E-state index in [4.69, 9.17) is 17.0 Å². The molecular formula is C23H25N5O6S2. The van der Waals surface area contributed by atoms with Crippen molar-refractivity contribution in [3.8, 4) is 0 Å². The standard InChI is InChI=1S/C23H25N5O6S2/c1-24-22(35)23(16-8-9-20-25-11-12-27(20)15-16)10-3-2-7-19(23)34-21(29)14-26-36(32,33)18-6-4-5-17(13-18)28(30)31/h4-6,8-9,11-13,15,19,26H,2-3,7,10,14H2,1H3,(H,24,35). The van der Waals surface area contributed by atoms with Gasteiger partial charge in [0.1, 0.15) is 18.3 Å². The van der Waals surface area contributed by atoms with Gasteiger partial charge in [-0.2, -0.15) is 4.72 Å². The number of esters is 1. The summed E-state index contributed by atoms with van der Waals surface area (Å²) in [5, 5.41) is 14.0. The van der Waals surface area contributed by atoms with E-state index in [1.165, 1.54) is 18.2 Å². The molecule has 2 heterocycles. The van der Waals surface area contributed by atoms with Crippen LogP contribution in [0, 0.1) is 10.1 Å². The van der Waals surface area contributed by atoms with E-state index in [0.29, 0.717) is 17.8 Å². The number of rotatable bonds is 8. The second kappa shape index (κ2) is 10.3. The topological polar surface area (TPSA) is 145 Å². The van der Waals surface area contributed by atoms with Gasteiger partial charge in [-0.3, -0.25) is 14.9 Å². The molecule has 0 saturated heterocycles. The summed E-state index contributed by atoms with van der Waals surface area (Å²) in [6, 6.07) is 8.37. The van der Waals surface area contributed by atoms with E-state index in [0.717, 1.165) is 30.1 Å². The molecule has 0 amide bonds. The van der Waals surface area contributed by atoms with E-state index < -0.39 is 39.0 Å². The first-order chi connectivity index (χ1) is 17.2. The quantitative estimate of drug-likeness (QED) is 0.194. The first kappa shape index (κ1) is 25.7. The minimum Gasteiger partial charge on any atom is -0.460 e. The molecule has 0 spiro atoms. The predicted octanol–water partition coefficient (Wildman–Crippen LogP) is 2.49. The van der Waals surface area contributed by atoms with Crippen molar-refractivity contribution < 1.29 is 22.9 Å². The highest BCUT2D eigenvalue weighted by Gasteiger charge is 2.48. The van der Waals surface area contributed by atoms with Crippen LogP contribution in [0.5, 0.6) is 0 Å². The van der Waals surface area contributed by atoms with Gasteiger partial charge in [0.05, 0.1) is 20.2 Å². The SMILES string of the molecule is CNC(=S)C1(c2ccc3nccn3c2)CCCCC1OC(=O)CNS(=O)(=O)c1cccc([N+](=O)[O-])c1. The Balaban J connectivity index is 1.55. The molecule has 2 aromatic heterocycles. The number of hydrogen-bond acceptors (Lipinski definition) is 8. The van der Waals surface area contributed by atoms with Crippen molar-refractivity contribution in [3.63, 3.8) is 0 Å². The summed E-state index contributed by atoms with van der Waals surface area (Å²) in [4.78, 5) is 27.6. The van der Waals surface area contributed by atoms with Crippen molar-refractivity contribution in [3.05, 3.63) is 70.7 Å². The highest BCUT2D eigenvalue weighted by Crippen LogP contribution is 2.42. The van der Waals surface area contributed by atoms with Crippen LogP contribution in [0.25, 0.3) is 5.65 Å². The fraction of sp³-hybridized carbons (Fsp3) is 0.348. The van der Waals surface area contributed by atoms with Crippen LogP contribution >= 0.6 is 12.2 Å². The molecule has 13 heteroatoms. The molecule has 1 aliphatic rings. The summed E-state index contributed by atoms with van der Waals surface area (Å²) >= 11 is 5.73. The van der Waals surface area contributed by atoms with Gasteiger partial charge in [0, 0.05) is 37.8 Å². The molecule has 3 aromatic rings. The normalized spacial score (nSPS) is 20.1. The number of hydrogen-bond donors (Lipinski definition) is 2. The first-order valence-electron chi connectivity index (χ1n) is 11.3. The molecule has 36 heavy (non-hydrogen) atoms. The predicted molar refractivity (Wildman–Crippen MR) is 135 cm³/mol. The average molecular weight is 532 g/mol. The number of nitro groups is 1. The van der Waals surface area contributed by atoms with Gasteiger partial charge < -0.3 is 14.5 Å². The number of sulfonamides is 1. The van der Waals surface area contributed by atoms with E-state index in [2.05, 4.69) is 15.0 Å². The zero-order valence-corrected chi connectivity index (χ0v) is 21.0. The second-order valence-electron chi connectivity index (χ2n) is 8.46. The number of nitro benzene ring substituents is 1. The second-order valence-corrected chi connectivity index (χ2v) is 10.6. The van der Waals surface area contributed by atoms with Gasteiger partial charge in [0.15, 0.2) is 0 Å². The maximum absolute atomic E-state index is 12.8. The van der Waals surface area contributed by atoms with E-state index in [-0.39, 0.29) is 10.6 Å². The number of aromatic nitrogens is 2. The largest absolute Gasteiger partial charge is 0.460 e. The van der Waals surface area contributed by atoms with Crippen molar-refractivity contribution in [1.82, 2.24) is 19.4 Å². The Labute approximate surface area is 213 Å². The Morgan fingerprint density at radius 3 is 2.89 bits per heavy atom. The van der Waals surface area contributed by atoms with Crippen LogP contribution in [0.4, 0.5) is 5.69 Å². The van der Waals surface area contributed by atoms with Crippen LogP contribution in [0.3, 0.4) is 0 Å². The molecule has 0 bridgehead atoms. The molecule has 0 aliphatic heterocycles. The number of imidazole rings is 1. The summed E-state index contributed by atoms with van der Waals surface area (Å²) in [5.41, 5.74) is 0.462. The Morgan fingerprint density at radius 1 is 1.33 bits per heavy atom. The lowest BCUT2D eigenvalue weighted by molar-refractivity contribution is -0.385. The van der Waals surface area contributed by atoms with Gasteiger partial charge in [-0.1, -0.05) is 30.8 Å². The number of carbonyl (C=O) groups is 1. The first-order valence-corrected chi connectivity index (χ1v) is 13.2. The van der Waals surface area contributed by atoms with Crippen molar-refractivity contribution in [2.24, 2.45) is 0 Å². The summed E-state index contributed by atoms with van der Waals surface area (Å²) in [6.07, 6.45) is 7.69. The molecule has 1 fully saturated rings. The van der Waals surface area contributed by atoms with E-state index >= 15 is 0 Å². The van der Waals surface area contributed by atoms with Crippen molar-refractivity contribution >= 4 is 44.5 Å². The lowest BCUT2D eigenvalue weighted by Crippen LogP contribution is -2.54. The Kier molecular flexibility index (Phi) is 7.33. The molecule has 2 atom stereocenters. The summed E-state index contributed by atoms with van der Waals surface area (Å²) in [7, 11) is -2.45. The smallest absolute Gasteiger partial charge is 0.321 e. The van der Waals surface area contributed by atoms with Gasteiger partial charge >= 0.3 is 5.97 Å². The zero-order chi connectivity index (χ0) is 25.9. The molecule has 1 aliphatic carbocycles. The molecule has 1 saturated carbocycles. The fourth-order valence-electron chi connectivity index (χ4n) is 4.63. The Hall–Kier alpha value is -3.42. The number of carbonyl (C=O) groups excluding carboxylic acids is 1. The molecule has 1 aromatic carbocycles. The Morgan fingerprint density at radius 2 is 2.14 bits per heavy atom. The minimum absolute atomic E-state index is 0.318. The molecule has 2 unspecified atom stereocenters. The van der Waals surface area contributed by atoms with Crippen molar-refractivity contribution in [2.75, 3.05) is 13.6 Å². The van der Waals surface area contributed by atoms with Crippen LogP contribution in [0.2, 0.25) is 0 Å². The number of likely N-dealkylation sites (N-methyl/N-ethyl adjacent to an activating group) is 1. The van der Waals surface area contributed by atoms with E-state index in [9.17, 15) is 23.3 Å². The number of nitrogens with one attached hydrogen (secondary N) is 2. The van der Waals surface area contributed by atoms with Gasteiger partial charge in [-0.05, 0) is 37.0 Å². The molecule has 4 rings (SSSR count). The molecular weight excluding hydrogens is 506 g/mol. The van der Waals surface area contributed by atoms with Gasteiger partial charge in [-0.15, -0.1) is 0 Å². The highest BCUT2D eigenvalue weighted by molar-refractivity contribution is 7.89. The average Bonchev–Trinajstić information content (AvgIpc) is 3.35. The summed E-state index contributed by atoms with van der Waals surface area (Å²) in [6.45, 7) is -0.634. The summed E-state index contributed by atoms with van der Waals surface area (Å²) < 4.78 is 35.1. The van der Waals surface area contributed by atoms with Crippen molar-refractivity contribution in [2.45, 2.75) is 42.1 Å². The maximum Gasteiger partial charge on any atom is 0.321 e. The lowest BCUT2D eigenvalue weighted by atomic mass is 9.67. The lowest BCUT2D eigenvalue weighted by Gasteiger charge is -2.44. The van der Waals surface area contributed by atoms with Gasteiger partial charge in [-0.25, -0.2) is 13.4 Å². The van der Waals surface area contributed by atoms with Gasteiger partial charge in [0.25, 0.3) is 5.69 Å². The van der Waals surface area contributed by atoms with Gasteiger partial charge in [0.2, 0.25) is 10.0 Å². The highest BCUT2D eigenvalue weighted by atomic mass is 32.2. The third-order valence-corrected chi connectivity index (χ3v) is 8.36. The number of thiocarbonyl (C=S) groups is 1. The van der Waals surface area contributed by atoms with Crippen molar-refractivity contribution in [1.29, 1.82) is 0 Å². The molecule has 190 valence electrons. The van der Waals surface area contributed by atoms with E-state index in [1.807, 2.05) is 28.9 Å². The van der Waals surface area contributed by atoms with Crippen LogP contribution in [0.15, 0.2) is 59.9 Å². The minimum atomic E-state index is -4.18. The number of nitrogens with zero attached hydrogens (tertiary/aromatic N) is 3. The van der Waals surface area contributed by atoms with E-state index in [1.54, 1.807) is 13.2 Å². The third-order valence-electron chi connectivity index (χ3n) is 6.39. The monoisotopic (exact) mass is 531 g/mol. The molecule has 11 nitrogen and oxygen atoms in total.